The molecule has 2 unspecified atom stereocenters. The Morgan fingerprint density at radius 1 is 0.750 bits per heavy atom. The van der Waals surface area contributed by atoms with Crippen LogP contribution < -0.4 is 10.6 Å². The van der Waals surface area contributed by atoms with Gasteiger partial charge in [-0.2, -0.15) is 0 Å². The summed E-state index contributed by atoms with van der Waals surface area (Å²) in [6.45, 7) is 1.45. The highest BCUT2D eigenvalue weighted by Gasteiger charge is 2.40. The predicted molar refractivity (Wildman–Crippen MR) is 149 cm³/mol. The van der Waals surface area contributed by atoms with Gasteiger partial charge in [-0.05, 0) is 114 Å². The van der Waals surface area contributed by atoms with Crippen LogP contribution in [-0.4, -0.2) is 5.78 Å². The van der Waals surface area contributed by atoms with E-state index in [4.69, 9.17) is 0 Å². The van der Waals surface area contributed by atoms with Crippen LogP contribution in [-0.2, 0) is 17.9 Å². The number of Topliss-reactive ketones (excluding diaryl/α,β-unsaturated/α-hetero) is 1. The van der Waals surface area contributed by atoms with Crippen molar-refractivity contribution in [3.05, 3.63) is 88.7 Å². The Kier molecular flexibility index (Phi) is 5.75. The molecule has 160 valence electrons. The molecule has 4 aromatic rings. The molecule has 0 bridgehead atoms. The van der Waals surface area contributed by atoms with E-state index in [1.165, 1.54) is 32.0 Å². The van der Waals surface area contributed by atoms with Gasteiger partial charge in [-0.1, -0.05) is 24.3 Å². The second-order valence-electron chi connectivity index (χ2n) is 7.96. The largest absolute Gasteiger partial charge is 0.300 e. The summed E-state index contributed by atoms with van der Waals surface area (Å²) in [6.07, 6.45) is 0. The van der Waals surface area contributed by atoms with E-state index in [1.807, 2.05) is 0 Å². The first kappa shape index (κ1) is 21.4. The van der Waals surface area contributed by atoms with Crippen molar-refractivity contribution in [3.8, 4) is 20.9 Å². The second kappa shape index (κ2) is 8.59. The van der Waals surface area contributed by atoms with Gasteiger partial charge in [-0.3, -0.25) is 15.4 Å². The molecule has 4 heterocycles. The van der Waals surface area contributed by atoms with Crippen LogP contribution in [0.1, 0.15) is 34.3 Å². The molecule has 32 heavy (non-hydrogen) atoms. The Morgan fingerprint density at radius 3 is 1.62 bits per heavy atom. The quantitative estimate of drug-likeness (QED) is 0.231. The molecule has 0 saturated carbocycles. The molecule has 0 aliphatic carbocycles. The van der Waals surface area contributed by atoms with Gasteiger partial charge < -0.3 is 0 Å². The fourth-order valence-electron chi connectivity index (χ4n) is 4.87. The molecule has 2 aliphatic heterocycles. The van der Waals surface area contributed by atoms with Crippen molar-refractivity contribution in [2.45, 2.75) is 25.2 Å². The first-order valence-electron chi connectivity index (χ1n) is 10.3. The topological polar surface area (TPSA) is 41.1 Å². The van der Waals surface area contributed by atoms with Crippen molar-refractivity contribution in [3.63, 3.8) is 0 Å². The third-order valence-corrected chi connectivity index (χ3v) is 9.98. The molecule has 2 aromatic carbocycles. The monoisotopic (exact) mass is 680 g/mol. The summed E-state index contributed by atoms with van der Waals surface area (Å²) in [5, 5.41) is 11.3. The molecule has 2 aromatic heterocycles. The Bertz CT molecular complexity index is 1230. The minimum atomic E-state index is -0.290. The maximum atomic E-state index is 13.9. The molecule has 6 rings (SSSR count). The van der Waals surface area contributed by atoms with Gasteiger partial charge in [0.1, 0.15) is 0 Å². The van der Waals surface area contributed by atoms with E-state index < -0.39 is 0 Å². The van der Waals surface area contributed by atoms with E-state index in [-0.39, 0.29) is 17.9 Å². The lowest BCUT2D eigenvalue weighted by molar-refractivity contribution is -0.123. The Labute approximate surface area is 221 Å². The van der Waals surface area contributed by atoms with Crippen molar-refractivity contribution in [2.75, 3.05) is 0 Å². The zero-order valence-corrected chi connectivity index (χ0v) is 22.8. The number of benzene rings is 2. The lowest BCUT2D eigenvalue weighted by atomic mass is 9.91. The second-order valence-corrected chi connectivity index (χ2v) is 12.2. The lowest BCUT2D eigenvalue weighted by Crippen LogP contribution is -2.32. The number of halogens is 2. The fourth-order valence-corrected chi connectivity index (χ4v) is 8.06. The van der Waals surface area contributed by atoms with Crippen LogP contribution in [0.4, 0.5) is 0 Å². The van der Waals surface area contributed by atoms with Gasteiger partial charge in [0, 0.05) is 30.0 Å². The summed E-state index contributed by atoms with van der Waals surface area (Å²) in [7, 11) is 0. The maximum Gasteiger partial charge on any atom is 0.175 e. The first-order chi connectivity index (χ1) is 15.6. The van der Waals surface area contributed by atoms with Gasteiger partial charge in [0.2, 0.25) is 0 Å². The molecule has 2 atom stereocenters. The molecule has 2 aliphatic rings. The summed E-state index contributed by atoms with van der Waals surface area (Å²) in [4.78, 5) is 16.5. The number of rotatable bonds is 4. The van der Waals surface area contributed by atoms with Gasteiger partial charge in [0.05, 0.1) is 12.1 Å². The SMILES string of the molecule is O=C(C1NCc2c(-c3cccs3)ccc(I)c21)C1NCc2c(-c3cccs3)ccc(I)c21. The molecule has 3 nitrogen and oxygen atoms in total. The highest BCUT2D eigenvalue weighted by molar-refractivity contribution is 14.1. The van der Waals surface area contributed by atoms with Crippen LogP contribution >= 0.6 is 67.9 Å². The molecule has 0 radical (unpaired) electrons. The number of carbonyl (C=O) groups excluding carboxylic acids is 1. The Morgan fingerprint density at radius 2 is 1.22 bits per heavy atom. The van der Waals surface area contributed by atoms with E-state index >= 15 is 0 Å². The van der Waals surface area contributed by atoms with Crippen LogP contribution in [0, 0.1) is 7.14 Å². The van der Waals surface area contributed by atoms with E-state index in [1.54, 1.807) is 22.7 Å². The molecule has 2 N–H and O–H groups in total. The van der Waals surface area contributed by atoms with Crippen LogP contribution in [0.2, 0.25) is 0 Å². The number of nitrogens with one attached hydrogen (secondary N) is 2. The fraction of sp³-hybridized carbons (Fsp3) is 0.160. The average Bonchev–Trinajstić information content (AvgIpc) is 3.60. The standard InChI is InChI=1S/C25H18I2N2OS2/c26-17-7-5-13(19-3-1-9-31-19)15-11-28-23(21(15)17)25(30)24-22-16(12-29-24)14(6-8-18(22)27)20-4-2-10-32-20/h1-10,23-24,28-29H,11-12H2. The minimum absolute atomic E-state index is 0.213. The lowest BCUT2D eigenvalue weighted by Gasteiger charge is -2.20. The number of fused-ring (bicyclic) bond motifs is 2. The van der Waals surface area contributed by atoms with Crippen molar-refractivity contribution in [1.29, 1.82) is 0 Å². The zero-order valence-electron chi connectivity index (χ0n) is 16.8. The Hall–Kier alpha value is -1.11. The number of hydrogen-bond acceptors (Lipinski definition) is 5. The Balaban J connectivity index is 1.40. The third kappa shape index (κ3) is 3.43. The van der Waals surface area contributed by atoms with Crippen molar-refractivity contribution >= 4 is 73.6 Å². The molecular formula is C25H18I2N2OS2. The molecule has 0 saturated heterocycles. The van der Waals surface area contributed by atoms with Crippen LogP contribution in [0.5, 0.6) is 0 Å². The van der Waals surface area contributed by atoms with Crippen LogP contribution in [0.15, 0.2) is 59.3 Å². The van der Waals surface area contributed by atoms with Gasteiger partial charge >= 0.3 is 0 Å². The van der Waals surface area contributed by atoms with Gasteiger partial charge in [0.15, 0.2) is 5.78 Å². The molecule has 7 heteroatoms. The van der Waals surface area contributed by atoms with E-state index in [2.05, 4.69) is 115 Å². The number of ketones is 1. The van der Waals surface area contributed by atoms with Crippen LogP contribution in [0.25, 0.3) is 20.9 Å². The molecule has 0 fully saturated rings. The summed E-state index contributed by atoms with van der Waals surface area (Å²) >= 11 is 8.26. The van der Waals surface area contributed by atoms with Crippen LogP contribution in [0.3, 0.4) is 0 Å². The van der Waals surface area contributed by atoms with Crippen molar-refractivity contribution in [1.82, 2.24) is 10.6 Å². The summed E-state index contributed by atoms with van der Waals surface area (Å²) in [5.74, 6) is 0.213. The van der Waals surface area contributed by atoms with Gasteiger partial charge in [-0.25, -0.2) is 0 Å². The van der Waals surface area contributed by atoms with E-state index in [0.717, 1.165) is 31.4 Å². The smallest absolute Gasteiger partial charge is 0.175 e. The summed E-state index contributed by atoms with van der Waals surface area (Å²) in [5.41, 5.74) is 7.32. The zero-order chi connectivity index (χ0) is 21.8. The highest BCUT2D eigenvalue weighted by atomic mass is 127. The summed E-state index contributed by atoms with van der Waals surface area (Å²) in [6, 6.07) is 16.6. The minimum Gasteiger partial charge on any atom is -0.300 e. The molecular weight excluding hydrogens is 662 g/mol. The predicted octanol–water partition coefficient (Wildman–Crippen LogP) is 6.91. The normalized spacial score (nSPS) is 19.2. The third-order valence-electron chi connectivity index (χ3n) is 6.29. The molecule has 0 amide bonds. The molecule has 0 spiro atoms. The maximum absolute atomic E-state index is 13.9. The van der Waals surface area contributed by atoms with E-state index in [9.17, 15) is 4.79 Å². The summed E-state index contributed by atoms with van der Waals surface area (Å²) < 4.78 is 2.31. The van der Waals surface area contributed by atoms with Crippen molar-refractivity contribution < 1.29 is 4.79 Å². The van der Waals surface area contributed by atoms with Gasteiger partial charge in [0.25, 0.3) is 0 Å². The average molecular weight is 680 g/mol. The number of thiophene rings is 2. The van der Waals surface area contributed by atoms with E-state index in [0.29, 0.717) is 0 Å². The number of hydrogen-bond donors (Lipinski definition) is 2. The van der Waals surface area contributed by atoms with Crippen molar-refractivity contribution in [2.24, 2.45) is 0 Å². The highest BCUT2D eigenvalue weighted by Crippen LogP contribution is 2.43. The first-order valence-corrected chi connectivity index (χ1v) is 14.3. The number of carbonyl (C=O) groups is 1. The van der Waals surface area contributed by atoms with Gasteiger partial charge in [-0.15, -0.1) is 22.7 Å².